The van der Waals surface area contributed by atoms with Crippen LogP contribution in [0.3, 0.4) is 0 Å². The van der Waals surface area contributed by atoms with Gasteiger partial charge in [0.25, 0.3) is 5.78 Å². The number of aromatic nitrogens is 4. The maximum absolute atomic E-state index is 12.7. The Morgan fingerprint density at radius 3 is 2.84 bits per heavy atom. The summed E-state index contributed by atoms with van der Waals surface area (Å²) in [6.07, 6.45) is -3.53. The first kappa shape index (κ1) is 22.5. The molecule has 1 amide bonds. The minimum absolute atomic E-state index is 0.0119. The van der Waals surface area contributed by atoms with Crippen LogP contribution in [0.15, 0.2) is 30.6 Å². The lowest BCUT2D eigenvalue weighted by Gasteiger charge is -2.15. The van der Waals surface area contributed by atoms with Gasteiger partial charge in [0, 0.05) is 24.4 Å². The molecule has 2 heterocycles. The fourth-order valence-corrected chi connectivity index (χ4v) is 3.09. The number of aliphatic hydroxyl groups excluding tert-OH is 1. The average molecular weight is 437 g/mol. The van der Waals surface area contributed by atoms with Crippen molar-refractivity contribution in [1.29, 1.82) is 0 Å². The maximum atomic E-state index is 12.7. The summed E-state index contributed by atoms with van der Waals surface area (Å²) in [5, 5.41) is 16.7. The molecule has 1 aromatic carbocycles. The monoisotopic (exact) mass is 437 g/mol. The molecule has 166 valence electrons. The van der Waals surface area contributed by atoms with E-state index < -0.39 is 17.8 Å². The lowest BCUT2D eigenvalue weighted by Crippen LogP contribution is -2.35. The molecule has 1 unspecified atom stereocenters. The quantitative estimate of drug-likeness (QED) is 0.561. The number of aliphatic hydroxyl groups is 1. The number of hydrogen-bond donors (Lipinski definition) is 2. The van der Waals surface area contributed by atoms with E-state index in [-0.39, 0.29) is 31.2 Å². The van der Waals surface area contributed by atoms with Crippen molar-refractivity contribution in [3.05, 3.63) is 53.1 Å². The van der Waals surface area contributed by atoms with E-state index in [9.17, 15) is 23.1 Å². The topological polar surface area (TPSA) is 102 Å². The van der Waals surface area contributed by atoms with Crippen LogP contribution in [0, 0.1) is 13.8 Å². The van der Waals surface area contributed by atoms with Gasteiger partial charge in [0.15, 0.2) is 0 Å². The Bertz CT molecular complexity index is 1070. The van der Waals surface area contributed by atoms with Crippen LogP contribution in [0.2, 0.25) is 0 Å². The van der Waals surface area contributed by atoms with E-state index in [2.05, 4.69) is 20.4 Å². The number of carbonyl (C=O) groups is 1. The minimum atomic E-state index is -4.48. The molecule has 0 fully saturated rings. The Hall–Kier alpha value is -3.21. The second-order valence-electron chi connectivity index (χ2n) is 7.03. The highest BCUT2D eigenvalue weighted by Crippen LogP contribution is 2.31. The predicted molar refractivity (Wildman–Crippen MR) is 105 cm³/mol. The SMILES string of the molecule is Cc1nc2ncnn2c(C)c1CCC(=O)NCC(O)COc1cccc(C(F)(F)F)c1. The first-order valence-electron chi connectivity index (χ1n) is 9.56. The second kappa shape index (κ2) is 9.29. The lowest BCUT2D eigenvalue weighted by molar-refractivity contribution is -0.137. The van der Waals surface area contributed by atoms with Crippen molar-refractivity contribution in [3.8, 4) is 5.75 Å². The van der Waals surface area contributed by atoms with Crippen LogP contribution in [-0.2, 0) is 17.4 Å². The van der Waals surface area contributed by atoms with Crippen LogP contribution < -0.4 is 10.1 Å². The van der Waals surface area contributed by atoms with Crippen LogP contribution in [-0.4, -0.2) is 49.9 Å². The van der Waals surface area contributed by atoms with Gasteiger partial charge in [0.1, 0.15) is 24.8 Å². The second-order valence-corrected chi connectivity index (χ2v) is 7.03. The molecule has 0 aliphatic rings. The van der Waals surface area contributed by atoms with Gasteiger partial charge >= 0.3 is 6.18 Å². The van der Waals surface area contributed by atoms with Crippen LogP contribution in [0.25, 0.3) is 5.78 Å². The number of halogens is 3. The van der Waals surface area contributed by atoms with E-state index in [0.717, 1.165) is 29.1 Å². The van der Waals surface area contributed by atoms with E-state index in [1.165, 1.54) is 18.5 Å². The zero-order valence-electron chi connectivity index (χ0n) is 17.0. The van der Waals surface area contributed by atoms with Gasteiger partial charge in [-0.1, -0.05) is 6.07 Å². The molecule has 0 saturated carbocycles. The molecule has 1 atom stereocenters. The Labute approximate surface area is 176 Å². The number of aryl methyl sites for hydroxylation is 2. The summed E-state index contributed by atoms with van der Waals surface area (Å²) >= 11 is 0. The average Bonchev–Trinajstić information content (AvgIpc) is 3.18. The van der Waals surface area contributed by atoms with E-state index in [1.807, 2.05) is 13.8 Å². The van der Waals surface area contributed by atoms with Gasteiger partial charge in [0.05, 0.1) is 5.56 Å². The molecule has 0 bridgehead atoms. The number of hydrogen-bond acceptors (Lipinski definition) is 6. The highest BCUT2D eigenvalue weighted by Gasteiger charge is 2.30. The number of nitrogens with one attached hydrogen (secondary N) is 1. The molecule has 11 heteroatoms. The van der Waals surface area contributed by atoms with Crippen molar-refractivity contribution >= 4 is 11.7 Å². The summed E-state index contributed by atoms with van der Waals surface area (Å²) in [5.74, 6) is 0.199. The summed E-state index contributed by atoms with van der Waals surface area (Å²) in [5.41, 5.74) is 1.67. The third kappa shape index (κ3) is 5.69. The van der Waals surface area contributed by atoms with Gasteiger partial charge in [-0.15, -0.1) is 0 Å². The van der Waals surface area contributed by atoms with Crippen molar-refractivity contribution in [1.82, 2.24) is 24.9 Å². The van der Waals surface area contributed by atoms with Crippen LogP contribution in [0.5, 0.6) is 5.75 Å². The Kier molecular flexibility index (Phi) is 6.74. The largest absolute Gasteiger partial charge is 0.491 e. The zero-order valence-corrected chi connectivity index (χ0v) is 17.0. The van der Waals surface area contributed by atoms with E-state index in [1.54, 1.807) is 4.52 Å². The number of amides is 1. The third-order valence-electron chi connectivity index (χ3n) is 4.73. The smallest absolute Gasteiger partial charge is 0.416 e. The number of rotatable bonds is 8. The predicted octanol–water partition coefficient (Wildman–Crippen LogP) is 2.25. The first-order chi connectivity index (χ1) is 14.6. The molecule has 3 rings (SSSR count). The third-order valence-corrected chi connectivity index (χ3v) is 4.73. The van der Waals surface area contributed by atoms with Gasteiger partial charge < -0.3 is 15.2 Å². The molecule has 2 N–H and O–H groups in total. The van der Waals surface area contributed by atoms with Gasteiger partial charge in [-0.05, 0) is 44.0 Å². The number of ether oxygens (including phenoxy) is 1. The number of nitrogens with zero attached hydrogens (tertiary/aromatic N) is 4. The molecule has 0 aliphatic carbocycles. The normalized spacial score (nSPS) is 12.7. The van der Waals surface area contributed by atoms with E-state index in [0.29, 0.717) is 12.2 Å². The van der Waals surface area contributed by atoms with Crippen molar-refractivity contribution in [3.63, 3.8) is 0 Å². The zero-order chi connectivity index (χ0) is 22.6. The number of carbonyl (C=O) groups excluding carboxylic acids is 1. The van der Waals surface area contributed by atoms with Crippen LogP contribution >= 0.6 is 0 Å². The standard InChI is InChI=1S/C20H22F3N5O3/c1-12-17(13(2)28-19(27-12)25-11-26-28)6-7-18(30)24-9-15(29)10-31-16-5-3-4-14(8-16)20(21,22)23/h3-5,8,11,15,29H,6-7,9-10H2,1-2H3,(H,24,30). The molecule has 0 saturated heterocycles. The van der Waals surface area contributed by atoms with E-state index in [4.69, 9.17) is 4.74 Å². The number of fused-ring (bicyclic) bond motifs is 1. The Morgan fingerprint density at radius 2 is 2.10 bits per heavy atom. The van der Waals surface area contributed by atoms with Gasteiger partial charge in [-0.2, -0.15) is 23.3 Å². The van der Waals surface area contributed by atoms with Gasteiger partial charge in [0.2, 0.25) is 5.91 Å². The van der Waals surface area contributed by atoms with E-state index >= 15 is 0 Å². The first-order valence-corrected chi connectivity index (χ1v) is 9.56. The van der Waals surface area contributed by atoms with Crippen LogP contribution in [0.4, 0.5) is 13.2 Å². The summed E-state index contributed by atoms with van der Waals surface area (Å²) < 4.78 is 45.0. The van der Waals surface area contributed by atoms with Crippen molar-refractivity contribution in [2.45, 2.75) is 39.0 Å². The van der Waals surface area contributed by atoms with Gasteiger partial charge in [-0.3, -0.25) is 4.79 Å². The fraction of sp³-hybridized carbons (Fsp3) is 0.400. The molecule has 8 nitrogen and oxygen atoms in total. The molecule has 3 aromatic rings. The molecular weight excluding hydrogens is 415 g/mol. The van der Waals surface area contributed by atoms with Crippen LogP contribution in [0.1, 0.15) is 28.9 Å². The minimum Gasteiger partial charge on any atom is -0.491 e. The summed E-state index contributed by atoms with van der Waals surface area (Å²) in [7, 11) is 0. The van der Waals surface area contributed by atoms with Crippen molar-refractivity contribution in [2.24, 2.45) is 0 Å². The van der Waals surface area contributed by atoms with Crippen molar-refractivity contribution < 1.29 is 27.8 Å². The lowest BCUT2D eigenvalue weighted by atomic mass is 10.1. The summed E-state index contributed by atoms with van der Waals surface area (Å²) in [6.45, 7) is 3.37. The highest BCUT2D eigenvalue weighted by molar-refractivity contribution is 5.76. The van der Waals surface area contributed by atoms with Gasteiger partial charge in [-0.25, -0.2) is 9.50 Å². The number of benzene rings is 1. The van der Waals surface area contributed by atoms with Crippen molar-refractivity contribution in [2.75, 3.05) is 13.2 Å². The molecule has 0 aliphatic heterocycles. The summed E-state index contributed by atoms with van der Waals surface area (Å²) in [4.78, 5) is 20.5. The Balaban J connectivity index is 1.46. The molecule has 31 heavy (non-hydrogen) atoms. The maximum Gasteiger partial charge on any atom is 0.416 e. The molecular formula is C20H22F3N5O3. The Morgan fingerprint density at radius 1 is 1.32 bits per heavy atom. The molecule has 2 aromatic heterocycles. The molecule has 0 radical (unpaired) electrons. The fourth-order valence-electron chi connectivity index (χ4n) is 3.09. The summed E-state index contributed by atoms with van der Waals surface area (Å²) in [6, 6.07) is 4.38. The number of alkyl halides is 3. The molecule has 0 spiro atoms. The highest BCUT2D eigenvalue weighted by atomic mass is 19.4.